The van der Waals surface area contributed by atoms with Crippen LogP contribution in [0, 0.1) is 0 Å². The lowest BCUT2D eigenvalue weighted by Crippen LogP contribution is -2.38. The van der Waals surface area contributed by atoms with Gasteiger partial charge in [0.25, 0.3) is 0 Å². The van der Waals surface area contributed by atoms with E-state index in [-0.39, 0.29) is 0 Å². The number of aromatic nitrogens is 2. The van der Waals surface area contributed by atoms with Crippen molar-refractivity contribution in [1.29, 1.82) is 0 Å². The van der Waals surface area contributed by atoms with Crippen LogP contribution in [0.3, 0.4) is 0 Å². The fourth-order valence-corrected chi connectivity index (χ4v) is 2.70. The van der Waals surface area contributed by atoms with Crippen LogP contribution in [0.25, 0.3) is 0 Å². The smallest absolute Gasteiger partial charge is 0.213 e. The molecular weight excluding hydrogens is 212 g/mol. The maximum Gasteiger partial charge on any atom is 0.213 e. The molecule has 2 rings (SSSR count). The molecule has 6 heteroatoms. The molecule has 0 aromatic carbocycles. The van der Waals surface area contributed by atoms with E-state index >= 15 is 0 Å². The molecule has 1 aliphatic rings. The maximum atomic E-state index is 4.64. The van der Waals surface area contributed by atoms with E-state index in [0.29, 0.717) is 23.7 Å². The Morgan fingerprint density at radius 3 is 3.20 bits per heavy atom. The lowest BCUT2D eigenvalue weighted by Gasteiger charge is -2.26. The zero-order valence-electron chi connectivity index (χ0n) is 8.80. The summed E-state index contributed by atoms with van der Waals surface area (Å²) in [6.07, 6.45) is 2.49. The van der Waals surface area contributed by atoms with Crippen LogP contribution < -0.4 is 5.32 Å². The van der Waals surface area contributed by atoms with E-state index < -0.39 is 0 Å². The van der Waals surface area contributed by atoms with E-state index in [9.17, 15) is 0 Å². The number of nitrogens with zero attached hydrogens (tertiary/aromatic N) is 3. The lowest BCUT2D eigenvalue weighted by atomic mass is 10.2. The van der Waals surface area contributed by atoms with Crippen molar-refractivity contribution in [3.8, 4) is 0 Å². The number of nitrogens with one attached hydrogen (secondary N) is 1. The highest BCUT2D eigenvalue weighted by atomic mass is 32.2. The second kappa shape index (κ2) is 4.65. The van der Waals surface area contributed by atoms with E-state index in [0.717, 1.165) is 5.17 Å². The van der Waals surface area contributed by atoms with Crippen molar-refractivity contribution < 1.29 is 4.52 Å². The Labute approximate surface area is 92.7 Å². The normalized spacial score (nSPS) is 29.1. The predicted molar refractivity (Wildman–Crippen MR) is 59.7 cm³/mol. The molecule has 2 atom stereocenters. The Bertz CT molecular complexity index is 326. The van der Waals surface area contributed by atoms with Gasteiger partial charge in [-0.25, -0.2) is 0 Å². The fraction of sp³-hybridized carbons (Fsp3) is 0.667. The van der Waals surface area contributed by atoms with Crippen LogP contribution in [0.2, 0.25) is 0 Å². The van der Waals surface area contributed by atoms with Crippen molar-refractivity contribution in [1.82, 2.24) is 15.5 Å². The zero-order chi connectivity index (χ0) is 10.7. The number of aliphatic imine (C=N–C) groups is 1. The number of rotatable bonds is 2. The highest BCUT2D eigenvalue weighted by molar-refractivity contribution is 8.14. The van der Waals surface area contributed by atoms with Gasteiger partial charge in [0.2, 0.25) is 6.39 Å². The largest absolute Gasteiger partial charge is 0.362 e. The lowest BCUT2D eigenvalue weighted by molar-refractivity contribution is 0.410. The standard InChI is InChI=1S/C9H14N4OS/c1-6-3-7(2)15-9(12-6)10-4-8-11-5-14-13-8/h5-7H,3-4H2,1-2H3,(H,10,12). The Morgan fingerprint density at radius 1 is 1.67 bits per heavy atom. The number of thioether (sulfide) groups is 1. The van der Waals surface area contributed by atoms with Gasteiger partial charge in [0.1, 0.15) is 6.54 Å². The SMILES string of the molecule is CC1CC(C)SC(=NCc2ncon2)N1. The average Bonchev–Trinajstić information content (AvgIpc) is 2.65. The summed E-state index contributed by atoms with van der Waals surface area (Å²) in [5.41, 5.74) is 0. The summed E-state index contributed by atoms with van der Waals surface area (Å²) < 4.78 is 4.64. The van der Waals surface area contributed by atoms with Gasteiger partial charge in [0.05, 0.1) is 0 Å². The van der Waals surface area contributed by atoms with E-state index in [2.05, 4.69) is 38.8 Å². The molecule has 82 valence electrons. The minimum atomic E-state index is 0.477. The van der Waals surface area contributed by atoms with Crippen molar-refractivity contribution in [2.24, 2.45) is 4.99 Å². The molecule has 15 heavy (non-hydrogen) atoms. The van der Waals surface area contributed by atoms with Crippen molar-refractivity contribution in [2.75, 3.05) is 0 Å². The molecule has 1 aromatic rings. The summed E-state index contributed by atoms with van der Waals surface area (Å²) >= 11 is 1.76. The highest BCUT2D eigenvalue weighted by Crippen LogP contribution is 2.22. The van der Waals surface area contributed by atoms with Gasteiger partial charge in [-0.15, -0.1) is 0 Å². The minimum absolute atomic E-state index is 0.477. The number of hydrogen-bond donors (Lipinski definition) is 1. The summed E-state index contributed by atoms with van der Waals surface area (Å²) in [6.45, 7) is 4.86. The quantitative estimate of drug-likeness (QED) is 0.826. The summed E-state index contributed by atoms with van der Waals surface area (Å²) in [4.78, 5) is 8.33. The van der Waals surface area contributed by atoms with Crippen LogP contribution in [-0.4, -0.2) is 26.6 Å². The maximum absolute atomic E-state index is 4.64. The first kappa shape index (κ1) is 10.5. The second-order valence-corrected chi connectivity index (χ2v) is 5.11. The molecule has 0 radical (unpaired) electrons. The minimum Gasteiger partial charge on any atom is -0.362 e. The second-order valence-electron chi connectivity index (χ2n) is 3.68. The third-order valence-corrected chi connectivity index (χ3v) is 3.20. The van der Waals surface area contributed by atoms with E-state index in [1.165, 1.54) is 12.8 Å². The molecule has 1 saturated heterocycles. The molecule has 0 saturated carbocycles. The summed E-state index contributed by atoms with van der Waals surface area (Å²) in [5.74, 6) is 0.621. The molecule has 1 aliphatic heterocycles. The third-order valence-electron chi connectivity index (χ3n) is 2.14. The molecule has 0 spiro atoms. The van der Waals surface area contributed by atoms with Gasteiger partial charge >= 0.3 is 0 Å². The van der Waals surface area contributed by atoms with Gasteiger partial charge in [-0.1, -0.05) is 23.8 Å². The molecular formula is C9H14N4OS. The van der Waals surface area contributed by atoms with Gasteiger partial charge in [0, 0.05) is 11.3 Å². The summed E-state index contributed by atoms with van der Waals surface area (Å²) in [6, 6.07) is 0.491. The summed E-state index contributed by atoms with van der Waals surface area (Å²) in [7, 11) is 0. The van der Waals surface area contributed by atoms with Gasteiger partial charge in [-0.05, 0) is 13.3 Å². The van der Waals surface area contributed by atoms with Crippen molar-refractivity contribution in [3.63, 3.8) is 0 Å². The molecule has 0 aliphatic carbocycles. The average molecular weight is 226 g/mol. The third kappa shape index (κ3) is 2.95. The molecule has 0 amide bonds. The first-order valence-electron chi connectivity index (χ1n) is 4.97. The van der Waals surface area contributed by atoms with Crippen LogP contribution in [0.15, 0.2) is 15.9 Å². The first-order valence-corrected chi connectivity index (χ1v) is 5.85. The molecule has 1 fully saturated rings. The Hall–Kier alpha value is -1.04. The number of hydrogen-bond acceptors (Lipinski definition) is 5. The van der Waals surface area contributed by atoms with E-state index in [4.69, 9.17) is 0 Å². The molecule has 0 bridgehead atoms. The van der Waals surface area contributed by atoms with Gasteiger partial charge in [-0.3, -0.25) is 4.99 Å². The van der Waals surface area contributed by atoms with Gasteiger partial charge in [-0.2, -0.15) is 4.98 Å². The first-order chi connectivity index (χ1) is 7.24. The van der Waals surface area contributed by atoms with Gasteiger partial charge in [0.15, 0.2) is 11.0 Å². The van der Waals surface area contributed by atoms with Crippen LogP contribution >= 0.6 is 11.8 Å². The zero-order valence-corrected chi connectivity index (χ0v) is 9.62. The molecule has 2 unspecified atom stereocenters. The molecule has 5 nitrogen and oxygen atoms in total. The van der Waals surface area contributed by atoms with Crippen LogP contribution in [-0.2, 0) is 6.54 Å². The van der Waals surface area contributed by atoms with E-state index in [1.807, 2.05) is 0 Å². The van der Waals surface area contributed by atoms with Crippen LogP contribution in [0.1, 0.15) is 26.1 Å². The topological polar surface area (TPSA) is 63.3 Å². The van der Waals surface area contributed by atoms with Gasteiger partial charge < -0.3 is 9.84 Å². The summed E-state index contributed by atoms with van der Waals surface area (Å²) in [5, 5.41) is 8.64. The Balaban J connectivity index is 1.94. The van der Waals surface area contributed by atoms with Crippen molar-refractivity contribution in [3.05, 3.63) is 12.2 Å². The van der Waals surface area contributed by atoms with E-state index in [1.54, 1.807) is 11.8 Å². The van der Waals surface area contributed by atoms with Crippen LogP contribution in [0.5, 0.6) is 0 Å². The highest BCUT2D eigenvalue weighted by Gasteiger charge is 2.19. The molecule has 1 aromatic heterocycles. The Kier molecular flexibility index (Phi) is 3.25. The number of amidine groups is 1. The molecule has 1 N–H and O–H groups in total. The Morgan fingerprint density at radius 2 is 2.53 bits per heavy atom. The van der Waals surface area contributed by atoms with Crippen molar-refractivity contribution in [2.45, 2.75) is 38.1 Å². The van der Waals surface area contributed by atoms with Crippen molar-refractivity contribution >= 4 is 16.9 Å². The fourth-order valence-electron chi connectivity index (χ4n) is 1.53. The molecule has 2 heterocycles. The predicted octanol–water partition coefficient (Wildman–Crippen LogP) is 1.43. The monoisotopic (exact) mass is 226 g/mol. The van der Waals surface area contributed by atoms with Crippen LogP contribution in [0.4, 0.5) is 0 Å².